The highest BCUT2D eigenvalue weighted by molar-refractivity contribution is 7.46. The summed E-state index contributed by atoms with van der Waals surface area (Å²) in [5.41, 5.74) is 8.24. The maximum absolute atomic E-state index is 13.8. The lowest BCUT2D eigenvalue weighted by atomic mass is 9.99. The summed E-state index contributed by atoms with van der Waals surface area (Å²) in [6.45, 7) is 2.02. The SMILES string of the molecule is CC(=O)N([C@@H](Cc1ccc(OP(=O)(O)O)cc1)C(N)=O)[C@H]1CCCCN(Cc2ccc(C(=O)c3ccccc3)cc2)C1=O. The van der Waals surface area contributed by atoms with Crippen LogP contribution in [0, 0.1) is 0 Å². The van der Waals surface area contributed by atoms with Crippen molar-refractivity contribution in [3.8, 4) is 5.75 Å². The number of hydrogen-bond donors (Lipinski definition) is 3. The second-order valence-electron chi connectivity index (χ2n) is 10.4. The summed E-state index contributed by atoms with van der Waals surface area (Å²) in [6, 6.07) is 19.7. The lowest BCUT2D eigenvalue weighted by Crippen LogP contribution is -2.57. The number of nitrogens with two attached hydrogens (primary N) is 1. The molecule has 0 radical (unpaired) electrons. The molecule has 4 N–H and O–H groups in total. The number of nitrogens with zero attached hydrogens (tertiary/aromatic N) is 2. The summed E-state index contributed by atoms with van der Waals surface area (Å²) in [4.78, 5) is 73.1. The first-order chi connectivity index (χ1) is 20.4. The summed E-state index contributed by atoms with van der Waals surface area (Å²) < 4.78 is 15.7. The summed E-state index contributed by atoms with van der Waals surface area (Å²) in [6.07, 6.45) is 1.71. The molecule has 0 bridgehead atoms. The van der Waals surface area contributed by atoms with Gasteiger partial charge in [-0.1, -0.05) is 66.7 Å². The third-order valence-electron chi connectivity index (χ3n) is 7.32. The molecule has 0 aromatic heterocycles. The molecule has 0 aliphatic carbocycles. The number of phosphoric acid groups is 1. The zero-order valence-corrected chi connectivity index (χ0v) is 24.6. The molecule has 226 valence electrons. The van der Waals surface area contributed by atoms with E-state index in [1.54, 1.807) is 53.4 Å². The van der Waals surface area contributed by atoms with Crippen molar-refractivity contribution in [2.75, 3.05) is 6.54 Å². The molecule has 1 saturated heterocycles. The zero-order chi connectivity index (χ0) is 31.1. The van der Waals surface area contributed by atoms with Crippen LogP contribution in [0.4, 0.5) is 0 Å². The molecule has 3 aromatic carbocycles. The fourth-order valence-electron chi connectivity index (χ4n) is 5.28. The molecule has 0 unspecified atom stereocenters. The minimum atomic E-state index is -4.74. The predicted molar refractivity (Wildman–Crippen MR) is 158 cm³/mol. The number of likely N-dealkylation sites (tertiary alicyclic amines) is 1. The normalized spacial score (nSPS) is 16.2. The largest absolute Gasteiger partial charge is 0.524 e. The highest BCUT2D eigenvalue weighted by atomic mass is 31.2. The molecule has 0 saturated carbocycles. The first kappa shape index (κ1) is 31.6. The quantitative estimate of drug-likeness (QED) is 0.221. The maximum Gasteiger partial charge on any atom is 0.524 e. The Bertz CT molecular complexity index is 1510. The van der Waals surface area contributed by atoms with Crippen molar-refractivity contribution in [1.82, 2.24) is 9.80 Å². The number of ketones is 1. The minimum Gasteiger partial charge on any atom is -0.404 e. The molecule has 0 spiro atoms. The molecule has 12 heteroatoms. The molecule has 3 aromatic rings. The van der Waals surface area contributed by atoms with Gasteiger partial charge in [-0.05, 0) is 42.5 Å². The minimum absolute atomic E-state index is 0.00815. The Morgan fingerprint density at radius 2 is 1.56 bits per heavy atom. The topological polar surface area (TPSA) is 168 Å². The van der Waals surface area contributed by atoms with Gasteiger partial charge in [-0.2, -0.15) is 0 Å². The molecule has 3 amide bonds. The fourth-order valence-corrected chi connectivity index (χ4v) is 5.67. The van der Waals surface area contributed by atoms with Gasteiger partial charge < -0.3 is 20.1 Å². The second-order valence-corrected chi connectivity index (χ2v) is 11.6. The average Bonchev–Trinajstić information content (AvgIpc) is 3.14. The van der Waals surface area contributed by atoms with E-state index in [0.717, 1.165) is 5.56 Å². The molecule has 1 aliphatic heterocycles. The summed E-state index contributed by atoms with van der Waals surface area (Å²) in [5.74, 6) is -1.73. The Labute approximate surface area is 249 Å². The third-order valence-corrected chi connectivity index (χ3v) is 7.77. The first-order valence-electron chi connectivity index (χ1n) is 13.8. The van der Waals surface area contributed by atoms with Gasteiger partial charge in [-0.25, -0.2) is 4.57 Å². The smallest absolute Gasteiger partial charge is 0.404 e. The van der Waals surface area contributed by atoms with Crippen LogP contribution in [0.3, 0.4) is 0 Å². The van der Waals surface area contributed by atoms with E-state index in [4.69, 9.17) is 15.5 Å². The van der Waals surface area contributed by atoms with Gasteiger partial charge in [0.05, 0.1) is 0 Å². The van der Waals surface area contributed by atoms with E-state index >= 15 is 0 Å². The molecular weight excluding hydrogens is 573 g/mol. The summed E-state index contributed by atoms with van der Waals surface area (Å²) >= 11 is 0. The van der Waals surface area contributed by atoms with Crippen molar-refractivity contribution >= 4 is 31.3 Å². The lowest BCUT2D eigenvalue weighted by molar-refractivity contribution is -0.149. The Morgan fingerprint density at radius 3 is 2.14 bits per heavy atom. The van der Waals surface area contributed by atoms with E-state index in [1.807, 2.05) is 6.07 Å². The number of carbonyl (C=O) groups is 4. The third kappa shape index (κ3) is 8.38. The predicted octanol–water partition coefficient (Wildman–Crippen LogP) is 3.22. The number of primary amides is 1. The summed E-state index contributed by atoms with van der Waals surface area (Å²) in [5, 5.41) is 0. The number of phosphoric ester groups is 1. The average molecular weight is 608 g/mol. The van der Waals surface area contributed by atoms with Crippen molar-refractivity contribution in [2.24, 2.45) is 5.73 Å². The fraction of sp³-hybridized carbons (Fsp3) is 0.290. The molecule has 1 aliphatic rings. The van der Waals surface area contributed by atoms with E-state index in [-0.39, 0.29) is 30.4 Å². The standard InChI is InChI=1S/C31H34N3O8P/c1-21(35)34(28(30(32)37)19-22-12-16-26(17-13-22)42-43(39,40)41)27-9-5-6-18-33(31(27)38)20-23-10-14-25(15-11-23)29(36)24-7-3-2-4-8-24/h2-4,7-8,10-17,27-28H,5-6,9,18-20H2,1H3,(H2,32,37)(H2,39,40,41)/t27-,28-/m0/s1. The van der Waals surface area contributed by atoms with E-state index in [0.29, 0.717) is 42.5 Å². The Hall–Kier alpha value is -4.31. The van der Waals surface area contributed by atoms with E-state index in [2.05, 4.69) is 4.52 Å². The van der Waals surface area contributed by atoms with Gasteiger partial charge in [0.2, 0.25) is 17.7 Å². The number of rotatable bonds is 11. The van der Waals surface area contributed by atoms with Gasteiger partial charge in [0.15, 0.2) is 5.78 Å². The van der Waals surface area contributed by atoms with Crippen LogP contribution in [0.2, 0.25) is 0 Å². The lowest BCUT2D eigenvalue weighted by Gasteiger charge is -2.36. The van der Waals surface area contributed by atoms with E-state index in [1.165, 1.54) is 36.1 Å². The second kappa shape index (κ2) is 13.8. The van der Waals surface area contributed by atoms with Gasteiger partial charge in [-0.3, -0.25) is 29.0 Å². The van der Waals surface area contributed by atoms with Crippen LogP contribution in [0.15, 0.2) is 78.9 Å². The molecule has 1 heterocycles. The van der Waals surface area contributed by atoms with Crippen LogP contribution in [0.1, 0.15) is 53.2 Å². The number of carbonyl (C=O) groups excluding carboxylic acids is 4. The van der Waals surface area contributed by atoms with Crippen molar-refractivity contribution in [3.63, 3.8) is 0 Å². The molecule has 1 fully saturated rings. The van der Waals surface area contributed by atoms with Crippen LogP contribution in [-0.4, -0.2) is 61.7 Å². The van der Waals surface area contributed by atoms with Gasteiger partial charge in [0.25, 0.3) is 0 Å². The molecule has 2 atom stereocenters. The van der Waals surface area contributed by atoms with Crippen LogP contribution in [-0.2, 0) is 31.9 Å². The first-order valence-corrected chi connectivity index (χ1v) is 15.4. The monoisotopic (exact) mass is 607 g/mol. The van der Waals surface area contributed by atoms with Crippen molar-refractivity contribution in [3.05, 3.63) is 101 Å². The molecule has 11 nitrogen and oxygen atoms in total. The van der Waals surface area contributed by atoms with Gasteiger partial charge in [-0.15, -0.1) is 0 Å². The Kier molecular flexibility index (Phi) is 10.1. The van der Waals surface area contributed by atoms with Gasteiger partial charge in [0.1, 0.15) is 17.8 Å². The number of amides is 3. The van der Waals surface area contributed by atoms with Crippen LogP contribution in [0.5, 0.6) is 5.75 Å². The zero-order valence-electron chi connectivity index (χ0n) is 23.7. The molecule has 4 rings (SSSR count). The van der Waals surface area contributed by atoms with Gasteiger partial charge in [0, 0.05) is 37.6 Å². The van der Waals surface area contributed by atoms with Crippen molar-refractivity contribution < 1.29 is 38.1 Å². The molecular formula is C31H34N3O8P. The Morgan fingerprint density at radius 1 is 0.953 bits per heavy atom. The number of benzene rings is 3. The Balaban J connectivity index is 1.51. The highest BCUT2D eigenvalue weighted by Gasteiger charge is 2.39. The summed E-state index contributed by atoms with van der Waals surface area (Å²) in [7, 11) is -4.74. The van der Waals surface area contributed by atoms with Crippen LogP contribution < -0.4 is 10.3 Å². The number of hydrogen-bond acceptors (Lipinski definition) is 6. The maximum atomic E-state index is 13.8. The van der Waals surface area contributed by atoms with Crippen molar-refractivity contribution in [2.45, 2.75) is 51.2 Å². The van der Waals surface area contributed by atoms with Gasteiger partial charge >= 0.3 is 7.82 Å². The highest BCUT2D eigenvalue weighted by Crippen LogP contribution is 2.37. The molecule has 43 heavy (non-hydrogen) atoms. The van der Waals surface area contributed by atoms with Crippen LogP contribution in [0.25, 0.3) is 0 Å². The van der Waals surface area contributed by atoms with Crippen LogP contribution >= 0.6 is 7.82 Å². The van der Waals surface area contributed by atoms with E-state index < -0.39 is 31.7 Å². The van der Waals surface area contributed by atoms with Crippen molar-refractivity contribution in [1.29, 1.82) is 0 Å². The van der Waals surface area contributed by atoms with E-state index in [9.17, 15) is 23.7 Å².